The largest absolute Gasteiger partial charge is 0.494 e. The smallest absolute Gasteiger partial charge is 0.165 e. The molecule has 0 fully saturated rings. The van der Waals surface area contributed by atoms with Gasteiger partial charge in [-0.25, -0.2) is 8.78 Å². The van der Waals surface area contributed by atoms with E-state index in [4.69, 9.17) is 4.74 Å². The number of fused-ring (bicyclic) bond motifs is 1. The second-order valence-electron chi connectivity index (χ2n) is 4.37. The SMILES string of the molecule is COc1ccc(-c2cc(F)cc3ncccc23)cc1F. The second-order valence-corrected chi connectivity index (χ2v) is 4.37. The first kappa shape index (κ1) is 12.5. The molecule has 0 spiro atoms. The predicted molar refractivity (Wildman–Crippen MR) is 73.6 cm³/mol. The molecule has 20 heavy (non-hydrogen) atoms. The van der Waals surface area contributed by atoms with E-state index in [0.717, 1.165) is 5.39 Å². The maximum absolute atomic E-state index is 13.8. The highest BCUT2D eigenvalue weighted by Crippen LogP contribution is 2.31. The Morgan fingerprint density at radius 3 is 2.65 bits per heavy atom. The van der Waals surface area contributed by atoms with Crippen molar-refractivity contribution in [1.82, 2.24) is 4.98 Å². The molecule has 0 N–H and O–H groups in total. The van der Waals surface area contributed by atoms with Crippen molar-refractivity contribution in [1.29, 1.82) is 0 Å². The van der Waals surface area contributed by atoms with Gasteiger partial charge in [-0.05, 0) is 35.4 Å². The maximum Gasteiger partial charge on any atom is 0.165 e. The zero-order valence-electron chi connectivity index (χ0n) is 10.7. The van der Waals surface area contributed by atoms with Crippen LogP contribution in [0.25, 0.3) is 22.0 Å². The summed E-state index contributed by atoms with van der Waals surface area (Å²) in [5.41, 5.74) is 1.73. The van der Waals surface area contributed by atoms with Gasteiger partial charge in [-0.3, -0.25) is 4.98 Å². The average molecular weight is 271 g/mol. The molecule has 2 nitrogen and oxygen atoms in total. The molecular weight excluding hydrogens is 260 g/mol. The molecular formula is C16H11F2NO. The van der Waals surface area contributed by atoms with Gasteiger partial charge in [-0.15, -0.1) is 0 Å². The fourth-order valence-corrected chi connectivity index (χ4v) is 2.22. The first-order valence-corrected chi connectivity index (χ1v) is 6.07. The molecule has 0 unspecified atom stereocenters. The summed E-state index contributed by atoms with van der Waals surface area (Å²) in [5.74, 6) is -0.721. The molecule has 0 aliphatic rings. The van der Waals surface area contributed by atoms with Crippen molar-refractivity contribution in [3.8, 4) is 16.9 Å². The molecule has 1 heterocycles. The minimum absolute atomic E-state index is 0.160. The molecule has 4 heteroatoms. The third-order valence-corrected chi connectivity index (χ3v) is 3.15. The van der Waals surface area contributed by atoms with Crippen LogP contribution < -0.4 is 4.74 Å². The third kappa shape index (κ3) is 2.09. The Morgan fingerprint density at radius 1 is 1.05 bits per heavy atom. The molecule has 0 saturated carbocycles. The molecule has 0 radical (unpaired) electrons. The summed E-state index contributed by atoms with van der Waals surface area (Å²) in [6.45, 7) is 0. The van der Waals surface area contributed by atoms with E-state index < -0.39 is 11.6 Å². The zero-order valence-corrected chi connectivity index (χ0v) is 10.7. The highest BCUT2D eigenvalue weighted by molar-refractivity contribution is 5.94. The number of ether oxygens (including phenoxy) is 1. The van der Waals surface area contributed by atoms with E-state index in [1.54, 1.807) is 18.3 Å². The number of aromatic nitrogens is 1. The van der Waals surface area contributed by atoms with E-state index in [1.165, 1.54) is 31.4 Å². The first-order valence-electron chi connectivity index (χ1n) is 6.07. The van der Waals surface area contributed by atoms with Crippen molar-refractivity contribution in [2.75, 3.05) is 7.11 Å². The Hall–Kier alpha value is -2.49. The van der Waals surface area contributed by atoms with E-state index in [0.29, 0.717) is 16.6 Å². The minimum Gasteiger partial charge on any atom is -0.494 e. The van der Waals surface area contributed by atoms with Gasteiger partial charge in [0.25, 0.3) is 0 Å². The molecule has 0 aliphatic carbocycles. The molecule has 2 aromatic carbocycles. The van der Waals surface area contributed by atoms with Crippen molar-refractivity contribution in [3.63, 3.8) is 0 Å². The van der Waals surface area contributed by atoms with Crippen molar-refractivity contribution >= 4 is 10.9 Å². The summed E-state index contributed by atoms with van der Waals surface area (Å²) < 4.78 is 32.4. The van der Waals surface area contributed by atoms with Crippen LogP contribution in [0.1, 0.15) is 0 Å². The van der Waals surface area contributed by atoms with Crippen molar-refractivity contribution < 1.29 is 13.5 Å². The van der Waals surface area contributed by atoms with Gasteiger partial charge < -0.3 is 4.74 Å². The molecule has 3 rings (SSSR count). The summed E-state index contributed by atoms with van der Waals surface area (Å²) >= 11 is 0. The van der Waals surface area contributed by atoms with Crippen LogP contribution in [0.4, 0.5) is 8.78 Å². The maximum atomic E-state index is 13.8. The van der Waals surface area contributed by atoms with Crippen LogP contribution in [0, 0.1) is 11.6 Å². The third-order valence-electron chi connectivity index (χ3n) is 3.15. The normalized spacial score (nSPS) is 10.8. The Labute approximate surface area is 114 Å². The molecule has 100 valence electrons. The number of hydrogen-bond acceptors (Lipinski definition) is 2. The Bertz CT molecular complexity index is 787. The summed E-state index contributed by atoms with van der Waals surface area (Å²) in [5, 5.41) is 0.776. The van der Waals surface area contributed by atoms with E-state index in [1.807, 2.05) is 6.07 Å². The second kappa shape index (κ2) is 4.89. The fourth-order valence-electron chi connectivity index (χ4n) is 2.22. The van der Waals surface area contributed by atoms with Gasteiger partial charge in [0.15, 0.2) is 11.6 Å². The van der Waals surface area contributed by atoms with Gasteiger partial charge in [0.2, 0.25) is 0 Å². The lowest BCUT2D eigenvalue weighted by Crippen LogP contribution is -1.90. The average Bonchev–Trinajstić information content (AvgIpc) is 2.46. The van der Waals surface area contributed by atoms with E-state index in [-0.39, 0.29) is 5.75 Å². The number of pyridine rings is 1. The molecule has 0 atom stereocenters. The molecule has 0 bridgehead atoms. The van der Waals surface area contributed by atoms with Crippen LogP contribution >= 0.6 is 0 Å². The van der Waals surface area contributed by atoms with Gasteiger partial charge >= 0.3 is 0 Å². The Balaban J connectivity index is 2.26. The van der Waals surface area contributed by atoms with Gasteiger partial charge in [0.1, 0.15) is 5.82 Å². The Morgan fingerprint density at radius 2 is 1.90 bits per heavy atom. The topological polar surface area (TPSA) is 22.1 Å². The summed E-state index contributed by atoms with van der Waals surface area (Å²) in [6.07, 6.45) is 1.60. The lowest BCUT2D eigenvalue weighted by Gasteiger charge is -2.09. The molecule has 3 aromatic rings. The van der Waals surface area contributed by atoms with Crippen LogP contribution in [-0.2, 0) is 0 Å². The molecule has 0 aliphatic heterocycles. The van der Waals surface area contributed by atoms with E-state index in [2.05, 4.69) is 4.98 Å². The molecule has 0 saturated heterocycles. The monoisotopic (exact) mass is 271 g/mol. The van der Waals surface area contributed by atoms with Gasteiger partial charge in [-0.2, -0.15) is 0 Å². The van der Waals surface area contributed by atoms with Crippen molar-refractivity contribution in [2.45, 2.75) is 0 Å². The summed E-state index contributed by atoms with van der Waals surface area (Å²) in [4.78, 5) is 4.13. The summed E-state index contributed by atoms with van der Waals surface area (Å²) in [6, 6.07) is 10.9. The van der Waals surface area contributed by atoms with Gasteiger partial charge in [0, 0.05) is 17.6 Å². The molecule has 1 aromatic heterocycles. The number of methoxy groups -OCH3 is 1. The fraction of sp³-hybridized carbons (Fsp3) is 0.0625. The quantitative estimate of drug-likeness (QED) is 0.697. The number of benzene rings is 2. The number of rotatable bonds is 2. The highest BCUT2D eigenvalue weighted by Gasteiger charge is 2.10. The van der Waals surface area contributed by atoms with Crippen LogP contribution in [0.3, 0.4) is 0 Å². The number of nitrogens with zero attached hydrogens (tertiary/aromatic N) is 1. The number of hydrogen-bond donors (Lipinski definition) is 0. The lowest BCUT2D eigenvalue weighted by molar-refractivity contribution is 0.386. The van der Waals surface area contributed by atoms with E-state index in [9.17, 15) is 8.78 Å². The van der Waals surface area contributed by atoms with Gasteiger partial charge in [0.05, 0.1) is 12.6 Å². The van der Waals surface area contributed by atoms with Gasteiger partial charge in [-0.1, -0.05) is 12.1 Å². The van der Waals surface area contributed by atoms with Crippen LogP contribution in [0.2, 0.25) is 0 Å². The van der Waals surface area contributed by atoms with E-state index >= 15 is 0 Å². The van der Waals surface area contributed by atoms with Crippen LogP contribution in [0.5, 0.6) is 5.75 Å². The Kier molecular flexibility index (Phi) is 3.06. The molecule has 0 amide bonds. The van der Waals surface area contributed by atoms with Crippen LogP contribution in [-0.4, -0.2) is 12.1 Å². The zero-order chi connectivity index (χ0) is 14.1. The summed E-state index contributed by atoms with van der Waals surface area (Å²) in [7, 11) is 1.40. The first-order chi connectivity index (χ1) is 9.69. The standard InChI is InChI=1S/C16H11F2NO/c1-20-16-5-4-10(7-14(16)18)13-8-11(17)9-15-12(13)3-2-6-19-15/h2-9H,1H3. The lowest BCUT2D eigenvalue weighted by atomic mass is 10.00. The number of halogens is 2. The minimum atomic E-state index is -0.480. The van der Waals surface area contributed by atoms with Crippen LogP contribution in [0.15, 0.2) is 48.7 Å². The van der Waals surface area contributed by atoms with Crippen molar-refractivity contribution in [3.05, 3.63) is 60.3 Å². The predicted octanol–water partition coefficient (Wildman–Crippen LogP) is 4.19. The van der Waals surface area contributed by atoms with Crippen molar-refractivity contribution in [2.24, 2.45) is 0 Å². The highest BCUT2D eigenvalue weighted by atomic mass is 19.1.